The SMILES string of the molecule is CC(O)CCNC(=O)C1(C)CCCNC1. The van der Waals surface area contributed by atoms with Gasteiger partial charge in [-0.1, -0.05) is 0 Å². The molecule has 3 N–H and O–H groups in total. The summed E-state index contributed by atoms with van der Waals surface area (Å²) in [6, 6.07) is 0. The lowest BCUT2D eigenvalue weighted by Gasteiger charge is -2.32. The molecule has 1 aliphatic rings. The number of rotatable bonds is 4. The second-order valence-corrected chi connectivity index (χ2v) is 4.73. The Morgan fingerprint density at radius 1 is 1.67 bits per heavy atom. The number of amides is 1. The van der Waals surface area contributed by atoms with E-state index in [4.69, 9.17) is 5.11 Å². The molecule has 0 aliphatic carbocycles. The molecule has 0 aromatic carbocycles. The third-order valence-corrected chi connectivity index (χ3v) is 2.99. The number of hydrogen-bond donors (Lipinski definition) is 3. The summed E-state index contributed by atoms with van der Waals surface area (Å²) in [5.74, 6) is 0.107. The smallest absolute Gasteiger partial charge is 0.227 e. The van der Waals surface area contributed by atoms with E-state index in [1.54, 1.807) is 6.92 Å². The average molecular weight is 214 g/mol. The normalized spacial score (nSPS) is 28.5. The van der Waals surface area contributed by atoms with Crippen LogP contribution in [0, 0.1) is 5.41 Å². The number of hydrogen-bond acceptors (Lipinski definition) is 3. The summed E-state index contributed by atoms with van der Waals surface area (Å²) in [5.41, 5.74) is -0.267. The summed E-state index contributed by atoms with van der Waals surface area (Å²) in [7, 11) is 0. The maximum atomic E-state index is 11.9. The van der Waals surface area contributed by atoms with Crippen LogP contribution < -0.4 is 10.6 Å². The molecule has 0 radical (unpaired) electrons. The lowest BCUT2D eigenvalue weighted by molar-refractivity contribution is -0.131. The van der Waals surface area contributed by atoms with E-state index in [2.05, 4.69) is 10.6 Å². The molecule has 2 atom stereocenters. The molecule has 0 aromatic rings. The van der Waals surface area contributed by atoms with Crippen molar-refractivity contribution >= 4 is 5.91 Å². The highest BCUT2D eigenvalue weighted by Crippen LogP contribution is 2.25. The van der Waals surface area contributed by atoms with Crippen LogP contribution in [0.4, 0.5) is 0 Å². The summed E-state index contributed by atoms with van der Waals surface area (Å²) in [6.45, 7) is 6.06. The summed E-state index contributed by atoms with van der Waals surface area (Å²) >= 11 is 0. The molecule has 1 amide bonds. The molecule has 1 fully saturated rings. The molecule has 1 heterocycles. The lowest BCUT2D eigenvalue weighted by Crippen LogP contribution is -2.49. The lowest BCUT2D eigenvalue weighted by atomic mass is 9.82. The number of aliphatic hydroxyl groups is 1. The van der Waals surface area contributed by atoms with E-state index in [9.17, 15) is 4.79 Å². The van der Waals surface area contributed by atoms with Crippen LogP contribution in [0.2, 0.25) is 0 Å². The highest BCUT2D eigenvalue weighted by molar-refractivity contribution is 5.82. The van der Waals surface area contributed by atoms with Crippen molar-refractivity contribution in [2.24, 2.45) is 5.41 Å². The first-order chi connectivity index (χ1) is 7.04. The summed E-state index contributed by atoms with van der Waals surface area (Å²) < 4.78 is 0. The average Bonchev–Trinajstić information content (AvgIpc) is 2.18. The maximum absolute atomic E-state index is 11.9. The molecule has 0 spiro atoms. The highest BCUT2D eigenvalue weighted by atomic mass is 16.3. The van der Waals surface area contributed by atoms with Crippen molar-refractivity contribution in [1.82, 2.24) is 10.6 Å². The molecule has 2 unspecified atom stereocenters. The Balaban J connectivity index is 2.31. The van der Waals surface area contributed by atoms with Crippen molar-refractivity contribution in [3.8, 4) is 0 Å². The van der Waals surface area contributed by atoms with Crippen LogP contribution in [0.3, 0.4) is 0 Å². The summed E-state index contributed by atoms with van der Waals surface area (Å²) in [5, 5.41) is 15.2. The van der Waals surface area contributed by atoms with Gasteiger partial charge in [-0.3, -0.25) is 4.79 Å². The van der Waals surface area contributed by atoms with E-state index in [1.807, 2.05) is 6.92 Å². The van der Waals surface area contributed by atoms with E-state index in [0.29, 0.717) is 13.0 Å². The minimum atomic E-state index is -0.345. The number of carbonyl (C=O) groups is 1. The Hall–Kier alpha value is -0.610. The zero-order valence-electron chi connectivity index (χ0n) is 9.68. The van der Waals surface area contributed by atoms with Crippen molar-refractivity contribution in [3.63, 3.8) is 0 Å². The van der Waals surface area contributed by atoms with Gasteiger partial charge in [0.1, 0.15) is 0 Å². The molecular formula is C11H22N2O2. The standard InChI is InChI=1S/C11H22N2O2/c1-9(14)4-7-13-10(15)11(2)5-3-6-12-8-11/h9,12,14H,3-8H2,1-2H3,(H,13,15). The molecule has 0 aromatic heterocycles. The molecular weight excluding hydrogens is 192 g/mol. The van der Waals surface area contributed by atoms with Crippen LogP contribution in [0.15, 0.2) is 0 Å². The van der Waals surface area contributed by atoms with E-state index in [-0.39, 0.29) is 17.4 Å². The molecule has 0 bridgehead atoms. The second-order valence-electron chi connectivity index (χ2n) is 4.73. The molecule has 88 valence electrons. The van der Waals surface area contributed by atoms with E-state index in [0.717, 1.165) is 25.9 Å². The predicted molar refractivity (Wildman–Crippen MR) is 59.5 cm³/mol. The molecule has 4 nitrogen and oxygen atoms in total. The van der Waals surface area contributed by atoms with Gasteiger partial charge in [0.25, 0.3) is 0 Å². The minimum absolute atomic E-state index is 0.107. The topological polar surface area (TPSA) is 61.4 Å². The first-order valence-electron chi connectivity index (χ1n) is 5.72. The largest absolute Gasteiger partial charge is 0.393 e. The Bertz CT molecular complexity index is 211. The molecule has 15 heavy (non-hydrogen) atoms. The molecule has 4 heteroatoms. The van der Waals surface area contributed by atoms with Crippen molar-refractivity contribution in [2.75, 3.05) is 19.6 Å². The fourth-order valence-corrected chi connectivity index (χ4v) is 1.86. The van der Waals surface area contributed by atoms with Crippen LogP contribution in [-0.2, 0) is 4.79 Å². The van der Waals surface area contributed by atoms with Gasteiger partial charge in [0, 0.05) is 13.1 Å². The van der Waals surface area contributed by atoms with Crippen molar-refractivity contribution in [2.45, 2.75) is 39.2 Å². The fourth-order valence-electron chi connectivity index (χ4n) is 1.86. The van der Waals surface area contributed by atoms with Gasteiger partial charge in [-0.2, -0.15) is 0 Å². The summed E-state index contributed by atoms with van der Waals surface area (Å²) in [6.07, 6.45) is 2.28. The van der Waals surface area contributed by atoms with Gasteiger partial charge in [-0.25, -0.2) is 0 Å². The quantitative estimate of drug-likeness (QED) is 0.629. The fraction of sp³-hybridized carbons (Fsp3) is 0.909. The van der Waals surface area contributed by atoms with Crippen molar-refractivity contribution in [1.29, 1.82) is 0 Å². The Labute approximate surface area is 91.4 Å². The Morgan fingerprint density at radius 3 is 2.93 bits per heavy atom. The van der Waals surface area contributed by atoms with Crippen LogP contribution in [-0.4, -0.2) is 36.8 Å². The van der Waals surface area contributed by atoms with E-state index < -0.39 is 0 Å². The molecule has 1 aliphatic heterocycles. The van der Waals surface area contributed by atoms with Gasteiger partial charge in [0.05, 0.1) is 11.5 Å². The first kappa shape index (κ1) is 12.5. The third kappa shape index (κ3) is 3.80. The van der Waals surface area contributed by atoms with Gasteiger partial charge in [-0.05, 0) is 39.7 Å². The third-order valence-electron chi connectivity index (χ3n) is 2.99. The number of carbonyl (C=O) groups excluding carboxylic acids is 1. The van der Waals surface area contributed by atoms with Gasteiger partial charge in [0.2, 0.25) is 5.91 Å². The first-order valence-corrected chi connectivity index (χ1v) is 5.72. The maximum Gasteiger partial charge on any atom is 0.227 e. The number of aliphatic hydroxyl groups excluding tert-OH is 1. The summed E-state index contributed by atoms with van der Waals surface area (Å²) in [4.78, 5) is 11.9. The highest BCUT2D eigenvalue weighted by Gasteiger charge is 2.34. The van der Waals surface area contributed by atoms with E-state index in [1.165, 1.54) is 0 Å². The number of nitrogens with one attached hydrogen (secondary N) is 2. The molecule has 1 saturated heterocycles. The zero-order valence-corrected chi connectivity index (χ0v) is 9.68. The second kappa shape index (κ2) is 5.47. The van der Waals surface area contributed by atoms with Crippen LogP contribution in [0.1, 0.15) is 33.1 Å². The van der Waals surface area contributed by atoms with Crippen LogP contribution >= 0.6 is 0 Å². The minimum Gasteiger partial charge on any atom is -0.393 e. The Kier molecular flexibility index (Phi) is 4.54. The van der Waals surface area contributed by atoms with Crippen LogP contribution in [0.5, 0.6) is 0 Å². The van der Waals surface area contributed by atoms with E-state index >= 15 is 0 Å². The van der Waals surface area contributed by atoms with Crippen LogP contribution in [0.25, 0.3) is 0 Å². The van der Waals surface area contributed by atoms with Crippen molar-refractivity contribution in [3.05, 3.63) is 0 Å². The zero-order chi connectivity index (χ0) is 11.3. The van der Waals surface area contributed by atoms with Gasteiger partial charge in [0.15, 0.2) is 0 Å². The van der Waals surface area contributed by atoms with Gasteiger partial charge >= 0.3 is 0 Å². The molecule has 0 saturated carbocycles. The Morgan fingerprint density at radius 2 is 2.40 bits per heavy atom. The van der Waals surface area contributed by atoms with Gasteiger partial charge in [-0.15, -0.1) is 0 Å². The van der Waals surface area contributed by atoms with Gasteiger partial charge < -0.3 is 15.7 Å². The number of piperidine rings is 1. The predicted octanol–water partition coefficient (Wildman–Crippen LogP) is 0.263. The molecule has 1 rings (SSSR count). The van der Waals surface area contributed by atoms with Crippen molar-refractivity contribution < 1.29 is 9.90 Å². The monoisotopic (exact) mass is 214 g/mol.